The van der Waals surface area contributed by atoms with E-state index in [9.17, 15) is 5.11 Å². The maximum absolute atomic E-state index is 9.19. The Balaban J connectivity index is 2.31. The normalized spacial score (nSPS) is 15.7. The Morgan fingerprint density at radius 2 is 2.04 bits per heavy atom. The van der Waals surface area contributed by atoms with Crippen molar-refractivity contribution in [2.24, 2.45) is 10.7 Å². The van der Waals surface area contributed by atoms with Gasteiger partial charge in [0.1, 0.15) is 5.76 Å². The molecular weight excluding hydrogens is 328 g/mol. The molecule has 0 atom stereocenters. The van der Waals surface area contributed by atoms with E-state index in [2.05, 4.69) is 22.9 Å². The van der Waals surface area contributed by atoms with E-state index in [1.54, 1.807) is 12.2 Å². The van der Waals surface area contributed by atoms with Crippen LogP contribution in [0.2, 0.25) is 0 Å². The van der Waals surface area contributed by atoms with Crippen molar-refractivity contribution in [3.63, 3.8) is 0 Å². The van der Waals surface area contributed by atoms with Gasteiger partial charge in [-0.3, -0.25) is 5.41 Å². The van der Waals surface area contributed by atoms with Crippen molar-refractivity contribution < 1.29 is 9.84 Å². The molecule has 0 radical (unpaired) electrons. The average Bonchev–Trinajstić information content (AvgIpc) is 2.62. The average molecular weight is 356 g/mol. The largest absolute Gasteiger partial charge is 0.491 e. The molecule has 0 unspecified atom stereocenters. The summed E-state index contributed by atoms with van der Waals surface area (Å²) in [4.78, 5) is 6.77. The van der Waals surface area contributed by atoms with Gasteiger partial charge in [-0.15, -0.1) is 0 Å². The number of hydrogen-bond donors (Lipinski definition) is 3. The lowest BCUT2D eigenvalue weighted by Gasteiger charge is -2.22. The topological polar surface area (TPSA) is 94.9 Å². The number of aliphatic imine (C=N–C) groups is 1. The van der Waals surface area contributed by atoms with Crippen molar-refractivity contribution in [3.05, 3.63) is 47.4 Å². The fraction of sp³-hybridized carbons (Fsp3) is 0.400. The molecule has 1 aromatic carbocycles. The summed E-state index contributed by atoms with van der Waals surface area (Å²) >= 11 is 0. The lowest BCUT2D eigenvalue weighted by atomic mass is 10.1. The van der Waals surface area contributed by atoms with Crippen molar-refractivity contribution in [1.82, 2.24) is 0 Å². The molecule has 6 nitrogen and oxygen atoms in total. The Bertz CT molecular complexity index is 750. The van der Waals surface area contributed by atoms with E-state index in [1.165, 1.54) is 0 Å². The third kappa shape index (κ3) is 4.73. The fourth-order valence-corrected chi connectivity index (χ4v) is 2.70. The molecule has 6 heteroatoms. The highest BCUT2D eigenvalue weighted by molar-refractivity contribution is 6.22. The van der Waals surface area contributed by atoms with Gasteiger partial charge in [0, 0.05) is 24.9 Å². The second-order valence-electron chi connectivity index (χ2n) is 6.14. The standard InChI is InChI=1S/C20H28N4O2/c1-4-10-26-20-13-19(16(21)12-17(20)22)23-18-7-6-15(11-14(18)3)24(5-2)8-9-25/h6-7,11-13,22,25H,4-5,8-10,21H2,1-3H3/b22-17?,23-19-. The molecule has 0 saturated carbocycles. The maximum atomic E-state index is 9.19. The van der Waals surface area contributed by atoms with E-state index in [-0.39, 0.29) is 12.3 Å². The summed E-state index contributed by atoms with van der Waals surface area (Å²) in [5, 5.41) is 17.2. The molecule has 26 heavy (non-hydrogen) atoms. The van der Waals surface area contributed by atoms with Gasteiger partial charge in [-0.2, -0.15) is 0 Å². The lowest BCUT2D eigenvalue weighted by Crippen LogP contribution is -2.26. The molecular formula is C20H28N4O2. The number of nitrogens with two attached hydrogens (primary N) is 1. The summed E-state index contributed by atoms with van der Waals surface area (Å²) in [6, 6.07) is 6.00. The van der Waals surface area contributed by atoms with Crippen molar-refractivity contribution >= 4 is 22.8 Å². The SMILES string of the molecule is CCCOC1=C/C(=N/c2ccc(N(CC)CCO)cc2C)C(N)=CC1=N. The van der Waals surface area contributed by atoms with Crippen molar-refractivity contribution in [2.45, 2.75) is 27.2 Å². The lowest BCUT2D eigenvalue weighted by molar-refractivity contribution is 0.231. The van der Waals surface area contributed by atoms with Gasteiger partial charge in [-0.05, 0) is 50.1 Å². The summed E-state index contributed by atoms with van der Waals surface area (Å²) in [7, 11) is 0. The van der Waals surface area contributed by atoms with Crippen LogP contribution in [0, 0.1) is 12.3 Å². The zero-order valence-corrected chi connectivity index (χ0v) is 15.7. The second kappa shape index (κ2) is 9.20. The van der Waals surface area contributed by atoms with E-state index in [1.807, 2.05) is 26.0 Å². The van der Waals surface area contributed by atoms with Crippen LogP contribution in [-0.2, 0) is 4.74 Å². The van der Waals surface area contributed by atoms with E-state index in [4.69, 9.17) is 15.9 Å². The van der Waals surface area contributed by atoms with Crippen LogP contribution in [0.3, 0.4) is 0 Å². The van der Waals surface area contributed by atoms with Gasteiger partial charge in [0.05, 0.1) is 36.0 Å². The number of nitrogens with zero attached hydrogens (tertiary/aromatic N) is 2. The van der Waals surface area contributed by atoms with Gasteiger partial charge in [0.25, 0.3) is 0 Å². The molecule has 0 amide bonds. The Morgan fingerprint density at radius 3 is 2.65 bits per heavy atom. The van der Waals surface area contributed by atoms with Gasteiger partial charge in [-0.1, -0.05) is 6.92 Å². The first-order chi connectivity index (χ1) is 12.5. The van der Waals surface area contributed by atoms with Crippen LogP contribution < -0.4 is 10.6 Å². The summed E-state index contributed by atoms with van der Waals surface area (Å²) in [6.45, 7) is 8.18. The predicted molar refractivity (Wildman–Crippen MR) is 108 cm³/mol. The highest BCUT2D eigenvalue weighted by atomic mass is 16.5. The number of rotatable bonds is 8. The number of aryl methyl sites for hydroxylation is 1. The second-order valence-corrected chi connectivity index (χ2v) is 6.14. The van der Waals surface area contributed by atoms with Crippen LogP contribution in [0.25, 0.3) is 0 Å². The van der Waals surface area contributed by atoms with Crippen LogP contribution in [0.1, 0.15) is 25.8 Å². The molecule has 4 N–H and O–H groups in total. The zero-order chi connectivity index (χ0) is 19.1. The van der Waals surface area contributed by atoms with Crippen molar-refractivity contribution in [1.29, 1.82) is 5.41 Å². The molecule has 1 aliphatic carbocycles. The molecule has 1 aromatic rings. The number of anilines is 1. The summed E-state index contributed by atoms with van der Waals surface area (Å²) in [5.41, 5.74) is 10.3. The smallest absolute Gasteiger partial charge is 0.146 e. The number of ether oxygens (including phenoxy) is 1. The number of likely N-dealkylation sites (N-methyl/N-ethyl adjacent to an activating group) is 1. The number of aliphatic hydroxyl groups is 1. The maximum Gasteiger partial charge on any atom is 0.146 e. The number of benzene rings is 1. The molecule has 0 aromatic heterocycles. The quantitative estimate of drug-likeness (QED) is 0.624. The Kier molecular flexibility index (Phi) is 6.97. The van der Waals surface area contributed by atoms with Gasteiger partial charge in [0.2, 0.25) is 0 Å². The third-order valence-electron chi connectivity index (χ3n) is 4.13. The highest BCUT2D eigenvalue weighted by Crippen LogP contribution is 2.26. The molecule has 0 saturated heterocycles. The predicted octanol–water partition coefficient (Wildman–Crippen LogP) is 3.07. The molecule has 2 rings (SSSR count). The van der Waals surface area contributed by atoms with Crippen LogP contribution in [-0.4, -0.2) is 42.8 Å². The first-order valence-corrected chi connectivity index (χ1v) is 8.96. The molecule has 0 fully saturated rings. The first-order valence-electron chi connectivity index (χ1n) is 8.96. The number of allylic oxidation sites excluding steroid dienone is 2. The van der Waals surface area contributed by atoms with Gasteiger partial charge < -0.3 is 20.5 Å². The molecule has 0 aliphatic heterocycles. The third-order valence-corrected chi connectivity index (χ3v) is 4.13. The number of hydrogen-bond acceptors (Lipinski definition) is 6. The van der Waals surface area contributed by atoms with Gasteiger partial charge >= 0.3 is 0 Å². The van der Waals surface area contributed by atoms with Crippen LogP contribution >= 0.6 is 0 Å². The summed E-state index contributed by atoms with van der Waals surface area (Å²) in [6.07, 6.45) is 4.18. The van der Waals surface area contributed by atoms with E-state index < -0.39 is 0 Å². The number of nitrogens with one attached hydrogen (secondary N) is 1. The van der Waals surface area contributed by atoms with Crippen LogP contribution in [0.5, 0.6) is 0 Å². The van der Waals surface area contributed by atoms with Crippen molar-refractivity contribution in [2.75, 3.05) is 31.2 Å². The summed E-state index contributed by atoms with van der Waals surface area (Å²) < 4.78 is 5.61. The van der Waals surface area contributed by atoms with Crippen molar-refractivity contribution in [3.8, 4) is 0 Å². The zero-order valence-electron chi connectivity index (χ0n) is 15.7. The van der Waals surface area contributed by atoms with E-state index in [0.29, 0.717) is 30.3 Å². The molecule has 140 valence electrons. The monoisotopic (exact) mass is 356 g/mol. The molecule has 1 aliphatic rings. The minimum atomic E-state index is 0.121. The Hall–Kier alpha value is -2.60. The highest BCUT2D eigenvalue weighted by Gasteiger charge is 2.16. The molecule has 0 bridgehead atoms. The van der Waals surface area contributed by atoms with E-state index in [0.717, 1.165) is 29.9 Å². The van der Waals surface area contributed by atoms with Gasteiger partial charge in [-0.25, -0.2) is 4.99 Å². The number of aliphatic hydroxyl groups excluding tert-OH is 1. The van der Waals surface area contributed by atoms with Gasteiger partial charge in [0.15, 0.2) is 0 Å². The Morgan fingerprint density at radius 1 is 1.27 bits per heavy atom. The fourth-order valence-electron chi connectivity index (χ4n) is 2.70. The Labute approximate surface area is 155 Å². The minimum Gasteiger partial charge on any atom is -0.491 e. The molecule has 0 spiro atoms. The van der Waals surface area contributed by atoms with E-state index >= 15 is 0 Å². The minimum absolute atomic E-state index is 0.121. The van der Waals surface area contributed by atoms with Crippen LogP contribution in [0.4, 0.5) is 11.4 Å². The first kappa shape index (κ1) is 19.7. The van der Waals surface area contributed by atoms with Crippen LogP contribution in [0.15, 0.2) is 46.8 Å². The molecule has 0 heterocycles. The summed E-state index contributed by atoms with van der Waals surface area (Å²) in [5.74, 6) is 0.495.